The molecular weight excluding hydrogens is 200 g/mol. The number of ketones is 1. The van der Waals surface area contributed by atoms with Gasteiger partial charge in [0.2, 0.25) is 0 Å². The van der Waals surface area contributed by atoms with Crippen LogP contribution < -0.4 is 0 Å². The lowest BCUT2D eigenvalue weighted by atomic mass is 10.0. The summed E-state index contributed by atoms with van der Waals surface area (Å²) < 4.78 is 0. The smallest absolute Gasteiger partial charge is 0.166 e. The first-order valence-electron chi connectivity index (χ1n) is 5.47. The van der Waals surface area contributed by atoms with Crippen molar-refractivity contribution in [2.24, 2.45) is 0 Å². The van der Waals surface area contributed by atoms with E-state index in [1.165, 1.54) is 5.57 Å². The van der Waals surface area contributed by atoms with Crippen molar-refractivity contribution in [2.75, 3.05) is 0 Å². The van der Waals surface area contributed by atoms with Gasteiger partial charge >= 0.3 is 0 Å². The molecule has 2 heteroatoms. The molecule has 1 aromatic rings. The van der Waals surface area contributed by atoms with Gasteiger partial charge in [0.15, 0.2) is 5.78 Å². The van der Waals surface area contributed by atoms with E-state index in [1.54, 1.807) is 12.1 Å². The zero-order valence-electron chi connectivity index (χ0n) is 10.1. The molecule has 0 aliphatic carbocycles. The van der Waals surface area contributed by atoms with Crippen molar-refractivity contribution in [3.05, 3.63) is 41.0 Å². The number of Topliss-reactive ketones (excluding diaryl/α,β-unsaturated/α-hetero) is 1. The quantitative estimate of drug-likeness (QED) is 0.619. The molecule has 86 valence electrons. The maximum Gasteiger partial charge on any atom is 0.166 e. The summed E-state index contributed by atoms with van der Waals surface area (Å²) in [5.41, 5.74) is 2.59. The number of rotatable bonds is 4. The van der Waals surface area contributed by atoms with Gasteiger partial charge in [0.1, 0.15) is 5.75 Å². The molecule has 0 spiro atoms. The van der Waals surface area contributed by atoms with Gasteiger partial charge in [-0.25, -0.2) is 0 Å². The fourth-order valence-corrected chi connectivity index (χ4v) is 1.50. The van der Waals surface area contributed by atoms with Gasteiger partial charge in [-0.05, 0) is 44.9 Å². The van der Waals surface area contributed by atoms with Crippen LogP contribution in [-0.2, 0) is 0 Å². The first-order valence-corrected chi connectivity index (χ1v) is 5.47. The fourth-order valence-electron chi connectivity index (χ4n) is 1.50. The Morgan fingerprint density at radius 2 is 2.06 bits per heavy atom. The molecule has 0 aromatic heterocycles. The van der Waals surface area contributed by atoms with E-state index in [2.05, 4.69) is 0 Å². The van der Waals surface area contributed by atoms with Crippen molar-refractivity contribution in [1.29, 1.82) is 0 Å². The molecule has 0 saturated heterocycles. The van der Waals surface area contributed by atoms with E-state index in [-0.39, 0.29) is 11.5 Å². The van der Waals surface area contributed by atoms with Crippen LogP contribution in [0, 0.1) is 6.92 Å². The molecule has 0 fully saturated rings. The summed E-state index contributed by atoms with van der Waals surface area (Å²) in [6.45, 7) is 5.90. The van der Waals surface area contributed by atoms with Gasteiger partial charge in [0.05, 0.1) is 5.56 Å². The minimum absolute atomic E-state index is 0.00463. The highest BCUT2D eigenvalue weighted by molar-refractivity contribution is 5.98. The molecular formula is C14H18O2. The molecule has 1 rings (SSSR count). The second-order valence-electron chi connectivity index (χ2n) is 4.26. The average molecular weight is 218 g/mol. The second-order valence-corrected chi connectivity index (χ2v) is 4.26. The second kappa shape index (κ2) is 5.50. The Bertz CT molecular complexity index is 413. The number of carbonyl (C=O) groups excluding carboxylic acids is 1. The van der Waals surface area contributed by atoms with Crippen LogP contribution in [0.15, 0.2) is 29.8 Å². The summed E-state index contributed by atoms with van der Waals surface area (Å²) in [6, 6.07) is 5.15. The molecule has 0 heterocycles. The van der Waals surface area contributed by atoms with Crippen LogP contribution in [0.3, 0.4) is 0 Å². The maximum absolute atomic E-state index is 11.8. The summed E-state index contributed by atoms with van der Waals surface area (Å²) in [6.07, 6.45) is 3.21. The monoisotopic (exact) mass is 218 g/mol. The Morgan fingerprint density at radius 1 is 1.38 bits per heavy atom. The third-order valence-corrected chi connectivity index (χ3v) is 2.38. The van der Waals surface area contributed by atoms with Crippen molar-refractivity contribution in [3.8, 4) is 5.75 Å². The molecule has 1 N–H and O–H groups in total. The normalized spacial score (nSPS) is 9.94. The molecule has 0 atom stereocenters. The molecule has 2 nitrogen and oxygen atoms in total. The van der Waals surface area contributed by atoms with Crippen molar-refractivity contribution < 1.29 is 9.90 Å². The molecule has 16 heavy (non-hydrogen) atoms. The van der Waals surface area contributed by atoms with Crippen molar-refractivity contribution in [2.45, 2.75) is 33.6 Å². The lowest BCUT2D eigenvalue weighted by Crippen LogP contribution is -1.99. The summed E-state index contributed by atoms with van der Waals surface area (Å²) in [7, 11) is 0. The van der Waals surface area contributed by atoms with Gasteiger partial charge in [-0.3, -0.25) is 4.79 Å². The molecule has 0 aliphatic heterocycles. The average Bonchev–Trinajstić information content (AvgIpc) is 2.16. The number of allylic oxidation sites excluding steroid dienone is 2. The number of phenolic OH excluding ortho intramolecular Hbond substituents is 1. The van der Waals surface area contributed by atoms with Crippen LogP contribution in [0.1, 0.15) is 42.6 Å². The molecule has 0 aliphatic rings. The van der Waals surface area contributed by atoms with Crippen LogP contribution in [0.2, 0.25) is 0 Å². The van der Waals surface area contributed by atoms with Crippen LogP contribution >= 0.6 is 0 Å². The number of aromatic hydroxyl groups is 1. The predicted octanol–water partition coefficient (Wildman–Crippen LogP) is 3.63. The molecule has 1 aromatic carbocycles. The Morgan fingerprint density at radius 3 is 2.62 bits per heavy atom. The molecule has 0 unspecified atom stereocenters. The maximum atomic E-state index is 11.8. The predicted molar refractivity (Wildman–Crippen MR) is 65.8 cm³/mol. The number of aryl methyl sites for hydroxylation is 1. The van der Waals surface area contributed by atoms with Crippen molar-refractivity contribution in [1.82, 2.24) is 0 Å². The number of benzene rings is 1. The molecule has 0 radical (unpaired) electrons. The third kappa shape index (κ3) is 3.54. The summed E-state index contributed by atoms with van der Waals surface area (Å²) in [5.74, 6) is 0.0807. The van der Waals surface area contributed by atoms with E-state index in [1.807, 2.05) is 32.9 Å². The van der Waals surface area contributed by atoms with E-state index < -0.39 is 0 Å². The number of carbonyl (C=O) groups is 1. The van der Waals surface area contributed by atoms with E-state index in [0.717, 1.165) is 12.0 Å². The molecule has 0 bridgehead atoms. The minimum Gasteiger partial charge on any atom is -0.507 e. The minimum atomic E-state index is -0.00463. The summed E-state index contributed by atoms with van der Waals surface area (Å²) in [4.78, 5) is 11.8. The fraction of sp³-hybridized carbons (Fsp3) is 0.357. The first kappa shape index (κ1) is 12.5. The third-order valence-electron chi connectivity index (χ3n) is 2.38. The highest BCUT2D eigenvalue weighted by Crippen LogP contribution is 2.20. The SMILES string of the molecule is CC(C)=CCCC(=O)c1ccc(C)cc1O. The van der Waals surface area contributed by atoms with Crippen molar-refractivity contribution in [3.63, 3.8) is 0 Å². The zero-order valence-corrected chi connectivity index (χ0v) is 10.1. The Balaban J connectivity index is 2.70. The zero-order chi connectivity index (χ0) is 12.1. The van der Waals surface area contributed by atoms with Crippen LogP contribution in [0.25, 0.3) is 0 Å². The van der Waals surface area contributed by atoms with Gasteiger partial charge in [-0.1, -0.05) is 17.7 Å². The number of hydrogen-bond acceptors (Lipinski definition) is 2. The number of phenols is 1. The van der Waals surface area contributed by atoms with Crippen LogP contribution in [0.5, 0.6) is 5.75 Å². The topological polar surface area (TPSA) is 37.3 Å². The first-order chi connectivity index (χ1) is 7.50. The summed E-state index contributed by atoms with van der Waals surface area (Å²) in [5, 5.41) is 9.63. The highest BCUT2D eigenvalue weighted by atomic mass is 16.3. The highest BCUT2D eigenvalue weighted by Gasteiger charge is 2.09. The van der Waals surface area contributed by atoms with Crippen LogP contribution in [-0.4, -0.2) is 10.9 Å². The number of hydrogen-bond donors (Lipinski definition) is 1. The Kier molecular flexibility index (Phi) is 4.29. The lowest BCUT2D eigenvalue weighted by molar-refractivity contribution is 0.0981. The van der Waals surface area contributed by atoms with Crippen molar-refractivity contribution >= 4 is 5.78 Å². The Labute approximate surface area is 96.6 Å². The van der Waals surface area contributed by atoms with Crippen LogP contribution in [0.4, 0.5) is 0 Å². The van der Waals surface area contributed by atoms with E-state index in [0.29, 0.717) is 12.0 Å². The van der Waals surface area contributed by atoms with E-state index in [4.69, 9.17) is 0 Å². The van der Waals surface area contributed by atoms with Gasteiger partial charge in [-0.15, -0.1) is 0 Å². The standard InChI is InChI=1S/C14H18O2/c1-10(2)5-4-6-13(15)12-8-7-11(3)9-14(12)16/h5,7-9,16H,4,6H2,1-3H3. The lowest BCUT2D eigenvalue weighted by Gasteiger charge is -2.03. The van der Waals surface area contributed by atoms with Gasteiger partial charge < -0.3 is 5.11 Å². The summed E-state index contributed by atoms with van der Waals surface area (Å²) >= 11 is 0. The largest absolute Gasteiger partial charge is 0.507 e. The Hall–Kier alpha value is -1.57. The molecule has 0 amide bonds. The van der Waals surface area contributed by atoms with E-state index >= 15 is 0 Å². The molecule has 0 saturated carbocycles. The van der Waals surface area contributed by atoms with Gasteiger partial charge in [0, 0.05) is 6.42 Å². The van der Waals surface area contributed by atoms with Gasteiger partial charge in [0.25, 0.3) is 0 Å². The van der Waals surface area contributed by atoms with Gasteiger partial charge in [-0.2, -0.15) is 0 Å². The van der Waals surface area contributed by atoms with E-state index in [9.17, 15) is 9.90 Å².